The minimum Gasteiger partial charge on any atom is -0.314 e. The monoisotopic (exact) mass is 274 g/mol. The zero-order valence-corrected chi connectivity index (χ0v) is 12.4. The molecule has 0 aromatic heterocycles. The third kappa shape index (κ3) is 3.68. The zero-order valence-electron chi connectivity index (χ0n) is 11.6. The number of piperidine rings is 1. The average molecular weight is 274 g/mol. The van der Waals surface area contributed by atoms with Gasteiger partial charge in [-0.15, -0.1) is 0 Å². The number of hydrogen-bond acceptors (Lipinski definition) is 3. The minimum atomic E-state index is -3.00. The van der Waals surface area contributed by atoms with Crippen molar-refractivity contribution in [2.45, 2.75) is 45.6 Å². The summed E-state index contributed by atoms with van der Waals surface area (Å²) < 4.78 is 26.3. The molecular formula is C13H26N2O2S. The highest BCUT2D eigenvalue weighted by molar-refractivity contribution is 7.89. The third-order valence-electron chi connectivity index (χ3n) is 4.19. The highest BCUT2D eigenvalue weighted by atomic mass is 32.2. The molecule has 0 amide bonds. The maximum Gasteiger partial charge on any atom is 0.214 e. The van der Waals surface area contributed by atoms with Gasteiger partial charge < -0.3 is 5.32 Å². The Kier molecular flexibility index (Phi) is 4.67. The lowest BCUT2D eigenvalue weighted by Gasteiger charge is -2.35. The van der Waals surface area contributed by atoms with Crippen LogP contribution in [0.2, 0.25) is 0 Å². The molecule has 0 radical (unpaired) electrons. The van der Waals surface area contributed by atoms with Crippen LogP contribution in [-0.4, -0.2) is 44.2 Å². The molecule has 1 saturated heterocycles. The van der Waals surface area contributed by atoms with E-state index in [0.29, 0.717) is 30.2 Å². The second-order valence-electron chi connectivity index (χ2n) is 5.83. The molecule has 2 atom stereocenters. The van der Waals surface area contributed by atoms with Gasteiger partial charge in [0.2, 0.25) is 10.0 Å². The predicted molar refractivity (Wildman–Crippen MR) is 73.9 cm³/mol. The van der Waals surface area contributed by atoms with Gasteiger partial charge in [-0.2, -0.15) is 0 Å². The van der Waals surface area contributed by atoms with Crippen molar-refractivity contribution in [3.63, 3.8) is 0 Å². The summed E-state index contributed by atoms with van der Waals surface area (Å²) in [5, 5.41) is 3.42. The van der Waals surface area contributed by atoms with Crippen LogP contribution < -0.4 is 5.32 Å². The van der Waals surface area contributed by atoms with E-state index in [-0.39, 0.29) is 0 Å². The summed E-state index contributed by atoms with van der Waals surface area (Å²) in [7, 11) is -3.00. The molecule has 1 aliphatic heterocycles. The van der Waals surface area contributed by atoms with E-state index in [4.69, 9.17) is 0 Å². The standard InChI is InChI=1S/C13H26N2O2S/c1-3-14-11(2)13-5-4-8-15(9-13)18(16,17)10-12-6-7-12/h11-14H,3-10H2,1-2H3. The first kappa shape index (κ1) is 14.3. The molecular weight excluding hydrogens is 248 g/mol. The van der Waals surface area contributed by atoms with Gasteiger partial charge >= 0.3 is 0 Å². The van der Waals surface area contributed by atoms with E-state index in [1.807, 2.05) is 0 Å². The maximum absolute atomic E-state index is 12.3. The first-order valence-electron chi connectivity index (χ1n) is 7.24. The molecule has 0 aromatic rings. The van der Waals surface area contributed by atoms with Gasteiger partial charge in [0.15, 0.2) is 0 Å². The molecule has 106 valence electrons. The summed E-state index contributed by atoms with van der Waals surface area (Å²) in [6.45, 7) is 6.66. The van der Waals surface area contributed by atoms with E-state index < -0.39 is 10.0 Å². The van der Waals surface area contributed by atoms with Crippen LogP contribution in [0.3, 0.4) is 0 Å². The van der Waals surface area contributed by atoms with Crippen molar-refractivity contribution >= 4 is 10.0 Å². The summed E-state index contributed by atoms with van der Waals surface area (Å²) in [5.74, 6) is 1.30. The fourth-order valence-corrected chi connectivity index (χ4v) is 4.78. The van der Waals surface area contributed by atoms with Crippen LogP contribution >= 0.6 is 0 Å². The van der Waals surface area contributed by atoms with E-state index in [1.54, 1.807) is 4.31 Å². The van der Waals surface area contributed by atoms with Crippen LogP contribution in [0.1, 0.15) is 39.5 Å². The van der Waals surface area contributed by atoms with Crippen LogP contribution in [0.15, 0.2) is 0 Å². The second-order valence-corrected chi connectivity index (χ2v) is 7.84. The molecule has 1 saturated carbocycles. The van der Waals surface area contributed by atoms with Crippen molar-refractivity contribution in [2.75, 3.05) is 25.4 Å². The van der Waals surface area contributed by atoms with Crippen LogP contribution in [-0.2, 0) is 10.0 Å². The lowest BCUT2D eigenvalue weighted by Crippen LogP contribution is -2.47. The van der Waals surface area contributed by atoms with Crippen molar-refractivity contribution in [3.8, 4) is 0 Å². The number of hydrogen-bond donors (Lipinski definition) is 1. The lowest BCUT2D eigenvalue weighted by molar-refractivity contribution is 0.225. The molecule has 0 spiro atoms. The van der Waals surface area contributed by atoms with Crippen LogP contribution in [0.4, 0.5) is 0 Å². The van der Waals surface area contributed by atoms with Gasteiger partial charge in [-0.1, -0.05) is 6.92 Å². The molecule has 0 aromatic carbocycles. The molecule has 1 N–H and O–H groups in total. The molecule has 18 heavy (non-hydrogen) atoms. The summed E-state index contributed by atoms with van der Waals surface area (Å²) in [6.07, 6.45) is 4.35. The molecule has 2 aliphatic rings. The largest absolute Gasteiger partial charge is 0.314 e. The Labute approximate surface area is 111 Å². The molecule has 2 unspecified atom stereocenters. The second kappa shape index (κ2) is 5.88. The van der Waals surface area contributed by atoms with Crippen LogP contribution in [0, 0.1) is 11.8 Å². The highest BCUT2D eigenvalue weighted by Crippen LogP contribution is 2.32. The van der Waals surface area contributed by atoms with E-state index in [0.717, 1.165) is 38.8 Å². The van der Waals surface area contributed by atoms with E-state index >= 15 is 0 Å². The quantitative estimate of drug-likeness (QED) is 0.797. The summed E-state index contributed by atoms with van der Waals surface area (Å²) >= 11 is 0. The van der Waals surface area contributed by atoms with Crippen molar-refractivity contribution in [1.82, 2.24) is 9.62 Å². The van der Waals surface area contributed by atoms with Crippen molar-refractivity contribution in [1.29, 1.82) is 0 Å². The number of rotatable bonds is 6. The molecule has 1 aliphatic carbocycles. The molecule has 2 fully saturated rings. The Morgan fingerprint density at radius 2 is 2.06 bits per heavy atom. The Bertz CT molecular complexity index is 365. The highest BCUT2D eigenvalue weighted by Gasteiger charge is 2.35. The number of nitrogens with one attached hydrogen (secondary N) is 1. The fraction of sp³-hybridized carbons (Fsp3) is 1.00. The Morgan fingerprint density at radius 1 is 1.33 bits per heavy atom. The Balaban J connectivity index is 1.92. The SMILES string of the molecule is CCNC(C)C1CCCN(S(=O)(=O)CC2CC2)C1. The van der Waals surface area contributed by atoms with Gasteiger partial charge in [-0.05, 0) is 51.0 Å². The van der Waals surface area contributed by atoms with Gasteiger partial charge in [-0.3, -0.25) is 0 Å². The first-order chi connectivity index (χ1) is 8.53. The Hall–Kier alpha value is -0.130. The van der Waals surface area contributed by atoms with Gasteiger partial charge in [0.25, 0.3) is 0 Å². The number of nitrogens with zero attached hydrogens (tertiary/aromatic N) is 1. The van der Waals surface area contributed by atoms with E-state index in [1.165, 1.54) is 0 Å². The summed E-state index contributed by atoms with van der Waals surface area (Å²) in [5.41, 5.74) is 0. The average Bonchev–Trinajstić information content (AvgIpc) is 3.13. The first-order valence-corrected chi connectivity index (χ1v) is 8.85. The zero-order chi connectivity index (χ0) is 13.2. The van der Waals surface area contributed by atoms with Crippen molar-refractivity contribution in [3.05, 3.63) is 0 Å². The van der Waals surface area contributed by atoms with Gasteiger partial charge in [0, 0.05) is 19.1 Å². The molecule has 5 heteroatoms. The lowest BCUT2D eigenvalue weighted by atomic mass is 9.93. The van der Waals surface area contributed by atoms with Gasteiger partial charge in [-0.25, -0.2) is 12.7 Å². The molecule has 4 nitrogen and oxygen atoms in total. The van der Waals surface area contributed by atoms with Gasteiger partial charge in [0.05, 0.1) is 5.75 Å². The predicted octanol–water partition coefficient (Wildman–Crippen LogP) is 1.44. The topological polar surface area (TPSA) is 49.4 Å². The van der Waals surface area contributed by atoms with Crippen molar-refractivity contribution < 1.29 is 8.42 Å². The fourth-order valence-electron chi connectivity index (χ4n) is 2.81. The summed E-state index contributed by atoms with van der Waals surface area (Å²) in [6, 6.07) is 0.411. The summed E-state index contributed by atoms with van der Waals surface area (Å²) in [4.78, 5) is 0. The molecule has 2 rings (SSSR count). The van der Waals surface area contributed by atoms with Gasteiger partial charge in [0.1, 0.15) is 0 Å². The third-order valence-corrected chi connectivity index (χ3v) is 6.20. The smallest absolute Gasteiger partial charge is 0.214 e. The van der Waals surface area contributed by atoms with Crippen molar-refractivity contribution in [2.24, 2.45) is 11.8 Å². The minimum absolute atomic E-state index is 0.384. The number of sulfonamides is 1. The van der Waals surface area contributed by atoms with Crippen LogP contribution in [0.25, 0.3) is 0 Å². The molecule has 0 bridgehead atoms. The van der Waals surface area contributed by atoms with E-state index in [2.05, 4.69) is 19.2 Å². The van der Waals surface area contributed by atoms with Crippen LogP contribution in [0.5, 0.6) is 0 Å². The maximum atomic E-state index is 12.3. The van der Waals surface area contributed by atoms with E-state index in [9.17, 15) is 8.42 Å². The molecule has 1 heterocycles. The normalized spacial score (nSPS) is 28.2. The Morgan fingerprint density at radius 3 is 2.67 bits per heavy atom.